The minimum absolute atomic E-state index is 0.167. The maximum atomic E-state index is 2.70. The third-order valence-corrected chi connectivity index (χ3v) is 24.0. The van der Waals surface area contributed by atoms with Crippen molar-refractivity contribution in [2.45, 2.75) is 152 Å². The van der Waals surface area contributed by atoms with Crippen LogP contribution in [0.4, 0.5) is 0 Å². The van der Waals surface area contributed by atoms with Crippen molar-refractivity contribution in [1.82, 2.24) is 0 Å². The Balaban J connectivity index is 1.54. The summed E-state index contributed by atoms with van der Waals surface area (Å²) in [7, 11) is -3.62. The van der Waals surface area contributed by atoms with E-state index in [0.717, 1.165) is 0 Å². The summed E-state index contributed by atoms with van der Waals surface area (Å²) in [6.07, 6.45) is 0. The molecule has 82 heavy (non-hydrogen) atoms. The molecule has 0 fully saturated rings. The van der Waals surface area contributed by atoms with Gasteiger partial charge in [0.05, 0.1) is 0 Å². The highest BCUT2D eigenvalue weighted by Gasteiger charge is 2.49. The molecule has 0 aromatic heterocycles. The van der Waals surface area contributed by atoms with Crippen molar-refractivity contribution < 1.29 is 0 Å². The fourth-order valence-corrected chi connectivity index (χ4v) is 21.9. The van der Waals surface area contributed by atoms with Gasteiger partial charge in [-0.15, -0.1) is 0 Å². The highest BCUT2D eigenvalue weighted by Crippen LogP contribution is 2.46. The monoisotopic (exact) mass is 1090 g/mol. The molecule has 1 unspecified atom stereocenters. The van der Waals surface area contributed by atoms with Gasteiger partial charge in [-0.25, -0.2) is 0 Å². The Morgan fingerprint density at radius 2 is 0.390 bits per heavy atom. The Kier molecular flexibility index (Phi) is 15.4. The minimum atomic E-state index is -3.62. The van der Waals surface area contributed by atoms with E-state index in [-0.39, 0.29) is 5.92 Å². The van der Waals surface area contributed by atoms with Crippen molar-refractivity contribution in [2.75, 3.05) is 0 Å². The van der Waals surface area contributed by atoms with Crippen LogP contribution in [0.1, 0.15) is 128 Å². The second-order valence-corrected chi connectivity index (χ2v) is 29.6. The fourth-order valence-electron chi connectivity index (χ4n) is 16.1. The molecule has 0 nitrogen and oxygen atoms in total. The molecule has 0 heterocycles. The quantitative estimate of drug-likeness (QED) is 0.0946. The van der Waals surface area contributed by atoms with E-state index in [0.29, 0.717) is 0 Å². The molecule has 0 bridgehead atoms. The van der Waals surface area contributed by atoms with E-state index in [4.69, 9.17) is 0 Å². The van der Waals surface area contributed by atoms with Crippen LogP contribution in [-0.4, -0.2) is 8.07 Å². The van der Waals surface area contributed by atoms with Crippen LogP contribution < -0.4 is 15.6 Å². The molecular formula is C81H88Si. The van der Waals surface area contributed by atoms with E-state index in [1.54, 1.807) is 5.20 Å². The molecule has 1 atom stereocenters. The highest BCUT2D eigenvalue weighted by atomic mass is 28.3. The molecule has 416 valence electrons. The predicted molar refractivity (Wildman–Crippen MR) is 362 cm³/mol. The third-order valence-electron chi connectivity index (χ3n) is 18.9. The second kappa shape index (κ2) is 21.8. The van der Waals surface area contributed by atoms with Crippen LogP contribution in [0.3, 0.4) is 0 Å². The van der Waals surface area contributed by atoms with Crippen LogP contribution in [0.2, 0.25) is 0 Å². The zero-order valence-electron chi connectivity index (χ0n) is 53.7. The van der Waals surface area contributed by atoms with Gasteiger partial charge in [0, 0.05) is 0 Å². The molecule has 0 spiro atoms. The average molecular weight is 1090 g/mol. The topological polar surface area (TPSA) is 0 Å². The molecule has 0 saturated carbocycles. The van der Waals surface area contributed by atoms with Crippen molar-refractivity contribution in [3.8, 4) is 66.8 Å². The third kappa shape index (κ3) is 10.1. The molecule has 0 saturated heterocycles. The summed E-state index contributed by atoms with van der Waals surface area (Å²) in [6.45, 7) is 51.3. The van der Waals surface area contributed by atoms with E-state index >= 15 is 0 Å². The van der Waals surface area contributed by atoms with Gasteiger partial charge in [-0.05, 0) is 324 Å². The standard InChI is InChI=1S/C81H88Si/c1-44-23-50(7)75(51(8)24-44)66-35-67(76-52(9)25-45(2)26-53(76)10)39-72(38-66)82(81-64(21)62(19)63(20)65(81)22,73-40-68(77-54(11)27-46(3)28-55(77)12)36-69(41-73)78-56(13)29-47(4)30-57(78)14)74-42-70(79-58(15)31-48(5)32-59(79)16)37-71(43-74)80-60(17)33-49(6)34-61(80)18/h23-43,64H,1-22H3. The van der Waals surface area contributed by atoms with Gasteiger partial charge < -0.3 is 0 Å². The zero-order chi connectivity index (χ0) is 59.3. The molecule has 1 heteroatoms. The summed E-state index contributed by atoms with van der Waals surface area (Å²) in [6, 6.07) is 52.6. The molecule has 9 aromatic carbocycles. The summed E-state index contributed by atoms with van der Waals surface area (Å²) in [5.74, 6) is 0.167. The smallest absolute Gasteiger partial charge is 0.0636 e. The van der Waals surface area contributed by atoms with E-state index in [1.807, 2.05) is 0 Å². The molecule has 0 N–H and O–H groups in total. The first-order valence-corrected chi connectivity index (χ1v) is 32.0. The Morgan fingerprint density at radius 3 is 0.537 bits per heavy atom. The molecular weight excluding hydrogens is 1000 g/mol. The van der Waals surface area contributed by atoms with Gasteiger partial charge in [0.25, 0.3) is 0 Å². The maximum Gasteiger partial charge on any atom is 0.176 e. The Bertz CT molecular complexity index is 3460. The summed E-state index contributed by atoms with van der Waals surface area (Å²) in [5, 5.41) is 5.82. The summed E-state index contributed by atoms with van der Waals surface area (Å²) in [4.78, 5) is 0. The van der Waals surface area contributed by atoms with Crippen molar-refractivity contribution in [3.63, 3.8) is 0 Å². The van der Waals surface area contributed by atoms with Crippen molar-refractivity contribution in [2.24, 2.45) is 5.92 Å². The van der Waals surface area contributed by atoms with Gasteiger partial charge in [0.1, 0.15) is 0 Å². The Morgan fingerprint density at radius 1 is 0.220 bits per heavy atom. The molecule has 0 amide bonds. The van der Waals surface area contributed by atoms with Gasteiger partial charge in [-0.2, -0.15) is 0 Å². The van der Waals surface area contributed by atoms with Crippen LogP contribution in [0.25, 0.3) is 66.8 Å². The van der Waals surface area contributed by atoms with E-state index < -0.39 is 8.07 Å². The van der Waals surface area contributed by atoms with Gasteiger partial charge in [0.15, 0.2) is 8.07 Å². The molecule has 10 rings (SSSR count). The average Bonchev–Trinajstić information content (AvgIpc) is 2.25. The van der Waals surface area contributed by atoms with Crippen LogP contribution in [0, 0.1) is 131 Å². The molecule has 1 aliphatic carbocycles. The molecule has 0 aliphatic heterocycles. The van der Waals surface area contributed by atoms with Crippen LogP contribution in [0.5, 0.6) is 0 Å². The number of hydrogen-bond acceptors (Lipinski definition) is 0. The second-order valence-electron chi connectivity index (χ2n) is 25.9. The lowest BCUT2D eigenvalue weighted by atomic mass is 9.89. The number of hydrogen-bond donors (Lipinski definition) is 0. The molecule has 0 radical (unpaired) electrons. The number of rotatable bonds is 10. The van der Waals surface area contributed by atoms with Gasteiger partial charge in [-0.3, -0.25) is 0 Å². The summed E-state index contributed by atoms with van der Waals surface area (Å²) >= 11 is 0. The highest BCUT2D eigenvalue weighted by molar-refractivity contribution is 7.16. The summed E-state index contributed by atoms with van der Waals surface area (Å²) in [5.41, 5.74) is 43.4. The van der Waals surface area contributed by atoms with Crippen molar-refractivity contribution >= 4 is 23.6 Å². The molecule has 9 aromatic rings. The maximum absolute atomic E-state index is 3.62. The lowest BCUT2D eigenvalue weighted by molar-refractivity contribution is 0.851. The van der Waals surface area contributed by atoms with Crippen molar-refractivity contribution in [3.05, 3.63) is 249 Å². The zero-order valence-corrected chi connectivity index (χ0v) is 54.7. The first-order valence-electron chi connectivity index (χ1n) is 30.0. The number of allylic oxidation sites excluding steroid dienone is 4. The van der Waals surface area contributed by atoms with Crippen LogP contribution in [-0.2, 0) is 0 Å². The fraction of sp³-hybridized carbons (Fsp3) is 0.284. The SMILES string of the molecule is CC1=C(C)C(C)C([Si](c2cc(-c3c(C)cc(C)cc3C)cc(-c3c(C)cc(C)cc3C)c2)(c2cc(-c3c(C)cc(C)cc3C)cc(-c3c(C)cc(C)cc3C)c2)c2cc(-c3c(C)cc(C)cc3C)cc(-c3c(C)cc(C)cc3C)c2)=C1C. The van der Waals surface area contributed by atoms with E-state index in [9.17, 15) is 0 Å². The first kappa shape index (κ1) is 57.9. The minimum Gasteiger partial charge on any atom is -0.0636 e. The van der Waals surface area contributed by atoms with Crippen molar-refractivity contribution in [1.29, 1.82) is 0 Å². The van der Waals surface area contributed by atoms with E-state index in [1.165, 1.54) is 199 Å². The number of benzene rings is 9. The summed E-state index contributed by atoms with van der Waals surface area (Å²) < 4.78 is 0. The first-order chi connectivity index (χ1) is 38.7. The van der Waals surface area contributed by atoms with Crippen LogP contribution in [0.15, 0.2) is 149 Å². The predicted octanol–water partition coefficient (Wildman–Crippen LogP) is 20.6. The largest absolute Gasteiger partial charge is 0.176 e. The Hall–Kier alpha value is -7.32. The van der Waals surface area contributed by atoms with Crippen LogP contribution >= 0.6 is 0 Å². The lowest BCUT2D eigenvalue weighted by Crippen LogP contribution is -2.69. The van der Waals surface area contributed by atoms with Gasteiger partial charge >= 0.3 is 0 Å². The molecule has 1 aliphatic rings. The van der Waals surface area contributed by atoms with Gasteiger partial charge in [-0.1, -0.05) is 166 Å². The lowest BCUT2D eigenvalue weighted by Gasteiger charge is -2.40. The Labute approximate surface area is 495 Å². The normalized spacial score (nSPS) is 13.8. The van der Waals surface area contributed by atoms with E-state index in [2.05, 4.69) is 280 Å². The van der Waals surface area contributed by atoms with Gasteiger partial charge in [0.2, 0.25) is 0 Å². The number of aryl methyl sites for hydroxylation is 18.